The van der Waals surface area contributed by atoms with Gasteiger partial charge in [-0.1, -0.05) is 24.6 Å². The van der Waals surface area contributed by atoms with Crippen LogP contribution in [-0.2, 0) is 28.9 Å². The van der Waals surface area contributed by atoms with Gasteiger partial charge in [0.2, 0.25) is 0 Å². The first-order valence-electron chi connectivity index (χ1n) is 9.42. The second-order valence-electron chi connectivity index (χ2n) is 7.05. The highest BCUT2D eigenvalue weighted by atomic mass is 32.2. The third-order valence-electron chi connectivity index (χ3n) is 5.31. The molecule has 5 nitrogen and oxygen atoms in total. The summed E-state index contributed by atoms with van der Waals surface area (Å²) in [7, 11) is 1.64. The first kappa shape index (κ1) is 18.2. The van der Waals surface area contributed by atoms with E-state index in [-0.39, 0.29) is 10.8 Å². The van der Waals surface area contributed by atoms with Crippen LogP contribution in [0.3, 0.4) is 0 Å². The SMILES string of the molecule is COCCn1c(SC2CCCCCC2=O)nc2sc3c(c2c1=O)CCC3. The maximum atomic E-state index is 13.2. The quantitative estimate of drug-likeness (QED) is 0.575. The van der Waals surface area contributed by atoms with Crippen molar-refractivity contribution in [3.05, 3.63) is 20.8 Å². The van der Waals surface area contributed by atoms with Crippen molar-refractivity contribution in [3.63, 3.8) is 0 Å². The lowest BCUT2D eigenvalue weighted by Crippen LogP contribution is -2.27. The normalized spacial score (nSPS) is 20.5. The third kappa shape index (κ3) is 3.37. The Bertz CT molecular complexity index is 887. The summed E-state index contributed by atoms with van der Waals surface area (Å²) in [4.78, 5) is 32.7. The number of nitrogens with zero attached hydrogens (tertiary/aromatic N) is 2. The average Bonchev–Trinajstić information content (AvgIpc) is 3.14. The van der Waals surface area contributed by atoms with E-state index < -0.39 is 0 Å². The molecule has 1 fully saturated rings. The number of thiophene rings is 1. The summed E-state index contributed by atoms with van der Waals surface area (Å²) in [5, 5.41) is 1.40. The molecular weight excluding hydrogens is 368 g/mol. The largest absolute Gasteiger partial charge is 0.383 e. The maximum Gasteiger partial charge on any atom is 0.263 e. The zero-order valence-electron chi connectivity index (χ0n) is 15.1. The van der Waals surface area contributed by atoms with Crippen LogP contribution in [0.2, 0.25) is 0 Å². The van der Waals surface area contributed by atoms with Crippen molar-refractivity contribution in [1.29, 1.82) is 0 Å². The first-order valence-corrected chi connectivity index (χ1v) is 11.1. The van der Waals surface area contributed by atoms with Gasteiger partial charge in [-0.3, -0.25) is 14.2 Å². The van der Waals surface area contributed by atoms with Crippen molar-refractivity contribution in [1.82, 2.24) is 9.55 Å². The molecule has 4 rings (SSSR count). The minimum Gasteiger partial charge on any atom is -0.383 e. The molecule has 1 saturated carbocycles. The maximum absolute atomic E-state index is 13.2. The highest BCUT2D eigenvalue weighted by Gasteiger charge is 2.27. The minimum absolute atomic E-state index is 0.0371. The lowest BCUT2D eigenvalue weighted by molar-refractivity contribution is -0.118. The van der Waals surface area contributed by atoms with Crippen LogP contribution >= 0.6 is 23.1 Å². The van der Waals surface area contributed by atoms with Crippen LogP contribution in [0.5, 0.6) is 0 Å². The predicted octanol–water partition coefficient (Wildman–Crippen LogP) is 3.59. The fraction of sp³-hybridized carbons (Fsp3) is 0.632. The zero-order valence-corrected chi connectivity index (χ0v) is 16.7. The van der Waals surface area contributed by atoms with Gasteiger partial charge in [0, 0.05) is 18.4 Å². The van der Waals surface area contributed by atoms with E-state index in [1.165, 1.54) is 22.2 Å². The number of aryl methyl sites for hydroxylation is 2. The number of carbonyl (C=O) groups excluding carboxylic acids is 1. The van der Waals surface area contributed by atoms with Crippen LogP contribution in [0.1, 0.15) is 49.0 Å². The van der Waals surface area contributed by atoms with Crippen molar-refractivity contribution < 1.29 is 9.53 Å². The second-order valence-corrected chi connectivity index (χ2v) is 9.31. The van der Waals surface area contributed by atoms with Crippen molar-refractivity contribution in [2.75, 3.05) is 13.7 Å². The van der Waals surface area contributed by atoms with E-state index in [0.29, 0.717) is 30.5 Å². The molecule has 7 heteroatoms. The summed E-state index contributed by atoms with van der Waals surface area (Å²) >= 11 is 3.15. The molecule has 0 saturated heterocycles. The molecule has 140 valence electrons. The van der Waals surface area contributed by atoms with Gasteiger partial charge in [0.15, 0.2) is 5.16 Å². The Labute approximate surface area is 161 Å². The molecule has 0 spiro atoms. The Morgan fingerprint density at radius 2 is 2.08 bits per heavy atom. The molecule has 0 N–H and O–H groups in total. The number of carbonyl (C=O) groups is 1. The van der Waals surface area contributed by atoms with E-state index in [1.54, 1.807) is 23.0 Å². The molecule has 0 bridgehead atoms. The molecule has 26 heavy (non-hydrogen) atoms. The number of ketones is 1. The number of thioether (sulfide) groups is 1. The summed E-state index contributed by atoms with van der Waals surface area (Å²) in [6.07, 6.45) is 7.85. The van der Waals surface area contributed by atoms with Crippen molar-refractivity contribution in [2.24, 2.45) is 0 Å². The van der Waals surface area contributed by atoms with E-state index >= 15 is 0 Å². The van der Waals surface area contributed by atoms with Gasteiger partial charge in [-0.2, -0.15) is 0 Å². The molecule has 0 amide bonds. The standard InChI is InChI=1S/C19H24N2O3S2/c1-24-11-10-21-18(23)16-12-6-5-9-14(12)25-17(16)20-19(21)26-15-8-4-2-3-7-13(15)22/h15H,2-11H2,1H3. The van der Waals surface area contributed by atoms with Gasteiger partial charge in [-0.15, -0.1) is 11.3 Å². The molecule has 0 aliphatic heterocycles. The van der Waals surface area contributed by atoms with Crippen LogP contribution in [-0.4, -0.2) is 34.3 Å². The number of fused-ring (bicyclic) bond motifs is 3. The molecule has 2 aliphatic carbocycles. The van der Waals surface area contributed by atoms with E-state index in [2.05, 4.69) is 0 Å². The molecule has 1 unspecified atom stereocenters. The molecule has 1 atom stereocenters. The van der Waals surface area contributed by atoms with Crippen molar-refractivity contribution >= 4 is 39.1 Å². The van der Waals surface area contributed by atoms with Gasteiger partial charge in [0.25, 0.3) is 5.56 Å². The summed E-state index contributed by atoms with van der Waals surface area (Å²) < 4.78 is 6.95. The smallest absolute Gasteiger partial charge is 0.263 e. The number of aromatic nitrogens is 2. The van der Waals surface area contributed by atoms with Crippen LogP contribution in [0.25, 0.3) is 10.2 Å². The van der Waals surface area contributed by atoms with Crippen LogP contribution in [0, 0.1) is 0 Å². The molecule has 2 aliphatic rings. The predicted molar refractivity (Wildman–Crippen MR) is 106 cm³/mol. The fourth-order valence-corrected chi connectivity index (χ4v) is 6.45. The van der Waals surface area contributed by atoms with E-state index in [1.807, 2.05) is 0 Å². The van der Waals surface area contributed by atoms with E-state index in [0.717, 1.165) is 55.2 Å². The van der Waals surface area contributed by atoms with E-state index in [9.17, 15) is 9.59 Å². The third-order valence-corrected chi connectivity index (χ3v) is 7.80. The molecule has 2 heterocycles. The summed E-state index contributed by atoms with van der Waals surface area (Å²) in [5.41, 5.74) is 1.24. The van der Waals surface area contributed by atoms with Gasteiger partial charge < -0.3 is 4.74 Å². The summed E-state index contributed by atoms with van der Waals surface area (Å²) in [6, 6.07) is 0. The number of methoxy groups -OCH3 is 1. The topological polar surface area (TPSA) is 61.2 Å². The second kappa shape index (κ2) is 7.82. The minimum atomic E-state index is -0.0811. The van der Waals surface area contributed by atoms with Gasteiger partial charge in [-0.05, 0) is 37.7 Å². The highest BCUT2D eigenvalue weighted by Crippen LogP contribution is 2.37. The lowest BCUT2D eigenvalue weighted by Gasteiger charge is -2.16. The number of ether oxygens (including phenoxy) is 1. The molecular formula is C19H24N2O3S2. The van der Waals surface area contributed by atoms with Gasteiger partial charge in [0.1, 0.15) is 10.6 Å². The first-order chi connectivity index (χ1) is 12.7. The molecule has 2 aromatic rings. The van der Waals surface area contributed by atoms with Gasteiger partial charge in [0.05, 0.1) is 23.8 Å². The Hall–Kier alpha value is -1.18. The summed E-state index contributed by atoms with van der Waals surface area (Å²) in [5.74, 6) is 0.300. The Morgan fingerprint density at radius 1 is 1.19 bits per heavy atom. The number of rotatable bonds is 5. The monoisotopic (exact) mass is 392 g/mol. The fourth-order valence-electron chi connectivity index (χ4n) is 3.91. The molecule has 0 radical (unpaired) electrons. The lowest BCUT2D eigenvalue weighted by atomic mass is 10.2. The van der Waals surface area contributed by atoms with E-state index in [4.69, 9.17) is 9.72 Å². The van der Waals surface area contributed by atoms with Crippen LogP contribution in [0.4, 0.5) is 0 Å². The zero-order chi connectivity index (χ0) is 18.1. The average molecular weight is 393 g/mol. The van der Waals surface area contributed by atoms with Crippen LogP contribution < -0.4 is 5.56 Å². The highest BCUT2D eigenvalue weighted by molar-refractivity contribution is 8.00. The Balaban J connectivity index is 1.77. The van der Waals surface area contributed by atoms with Crippen LogP contribution in [0.15, 0.2) is 9.95 Å². The van der Waals surface area contributed by atoms with Gasteiger partial charge in [-0.25, -0.2) is 4.98 Å². The van der Waals surface area contributed by atoms with Crippen molar-refractivity contribution in [2.45, 2.75) is 68.3 Å². The van der Waals surface area contributed by atoms with Gasteiger partial charge >= 0.3 is 0 Å². The molecule has 0 aromatic carbocycles. The Morgan fingerprint density at radius 3 is 2.92 bits per heavy atom. The number of Topliss-reactive ketones (excluding diaryl/α,β-unsaturated/α-hetero) is 1. The number of hydrogen-bond donors (Lipinski definition) is 0. The molecule has 2 aromatic heterocycles. The van der Waals surface area contributed by atoms with Crippen molar-refractivity contribution in [3.8, 4) is 0 Å². The summed E-state index contributed by atoms with van der Waals surface area (Å²) in [6.45, 7) is 0.942. The Kier molecular flexibility index (Phi) is 5.47. The number of hydrogen-bond acceptors (Lipinski definition) is 6.